The smallest absolute Gasteiger partial charge is 0.130 e. The van der Waals surface area contributed by atoms with Crippen molar-refractivity contribution in [2.24, 2.45) is 5.92 Å². The minimum atomic E-state index is -0.948. The molecule has 1 rings (SSSR count). The minimum absolute atomic E-state index is 0.377. The number of carbonyl (C=O) groups is 1. The Labute approximate surface area is 66.2 Å². The van der Waals surface area contributed by atoms with Gasteiger partial charge in [-0.25, -0.2) is 0 Å². The summed E-state index contributed by atoms with van der Waals surface area (Å²) in [5.41, 5.74) is -0.948. The van der Waals surface area contributed by atoms with Crippen molar-refractivity contribution in [2.45, 2.75) is 18.9 Å². The second kappa shape index (κ2) is 3.01. The highest BCUT2D eigenvalue weighted by atomic mass is 16.3. The fraction of sp³-hybridized carbons (Fsp3) is 0.444. The third kappa shape index (κ3) is 1.40. The normalized spacial score (nSPS) is 35.6. The van der Waals surface area contributed by atoms with E-state index in [0.29, 0.717) is 6.42 Å². The van der Waals surface area contributed by atoms with Gasteiger partial charge in [-0.2, -0.15) is 0 Å². The molecule has 0 amide bonds. The van der Waals surface area contributed by atoms with Crippen molar-refractivity contribution < 1.29 is 9.90 Å². The number of hydrogen-bond acceptors (Lipinski definition) is 2. The van der Waals surface area contributed by atoms with Crippen molar-refractivity contribution in [1.82, 2.24) is 0 Å². The molecule has 0 aromatic rings. The molecule has 2 unspecified atom stereocenters. The van der Waals surface area contributed by atoms with Gasteiger partial charge < -0.3 is 9.90 Å². The average molecular weight is 152 g/mol. The monoisotopic (exact) mass is 152 g/mol. The summed E-state index contributed by atoms with van der Waals surface area (Å²) in [6, 6.07) is 0. The lowest BCUT2D eigenvalue weighted by Crippen LogP contribution is -2.36. The summed E-state index contributed by atoms with van der Waals surface area (Å²) >= 11 is 0. The lowest BCUT2D eigenvalue weighted by molar-refractivity contribution is -0.115. The molecule has 0 heterocycles. The Bertz CT molecular complexity index is 206. The molecule has 11 heavy (non-hydrogen) atoms. The van der Waals surface area contributed by atoms with E-state index in [1.54, 1.807) is 24.3 Å². The molecule has 0 fully saturated rings. The van der Waals surface area contributed by atoms with Gasteiger partial charge in [0, 0.05) is 0 Å². The Balaban J connectivity index is 2.85. The first-order valence-corrected chi connectivity index (χ1v) is 3.76. The highest BCUT2D eigenvalue weighted by Gasteiger charge is 2.31. The van der Waals surface area contributed by atoms with E-state index in [9.17, 15) is 9.90 Å². The third-order valence-corrected chi connectivity index (χ3v) is 2.10. The van der Waals surface area contributed by atoms with Crippen LogP contribution < -0.4 is 0 Å². The third-order valence-electron chi connectivity index (χ3n) is 2.10. The summed E-state index contributed by atoms with van der Waals surface area (Å²) in [5.74, 6) is -0.377. The van der Waals surface area contributed by atoms with Gasteiger partial charge in [0.05, 0.1) is 11.5 Å². The quantitative estimate of drug-likeness (QED) is 0.601. The Morgan fingerprint density at radius 3 is 2.82 bits per heavy atom. The van der Waals surface area contributed by atoms with E-state index < -0.39 is 5.60 Å². The molecule has 1 aliphatic carbocycles. The van der Waals surface area contributed by atoms with Gasteiger partial charge in [-0.15, -0.1) is 0 Å². The molecular formula is C9H12O2. The number of aliphatic hydroxyl groups is 1. The van der Waals surface area contributed by atoms with Crippen LogP contribution in [0, 0.1) is 5.92 Å². The zero-order valence-corrected chi connectivity index (χ0v) is 6.53. The fourth-order valence-electron chi connectivity index (χ4n) is 1.20. The molecule has 0 aromatic carbocycles. The van der Waals surface area contributed by atoms with E-state index in [1.807, 2.05) is 6.92 Å². The Kier molecular flexibility index (Phi) is 2.25. The second-order valence-electron chi connectivity index (χ2n) is 2.75. The SMILES string of the molecule is CCC1(O)C=CC=CC1C=O. The maximum Gasteiger partial charge on any atom is 0.130 e. The van der Waals surface area contributed by atoms with E-state index in [4.69, 9.17) is 0 Å². The molecule has 0 bridgehead atoms. The number of hydrogen-bond donors (Lipinski definition) is 1. The lowest BCUT2D eigenvalue weighted by Gasteiger charge is -2.28. The number of rotatable bonds is 2. The van der Waals surface area contributed by atoms with Gasteiger partial charge in [0.2, 0.25) is 0 Å². The van der Waals surface area contributed by atoms with E-state index in [1.165, 1.54) is 0 Å². The molecule has 0 radical (unpaired) electrons. The van der Waals surface area contributed by atoms with Crippen molar-refractivity contribution in [2.75, 3.05) is 0 Å². The summed E-state index contributed by atoms with van der Waals surface area (Å²) in [6.07, 6.45) is 8.29. The van der Waals surface area contributed by atoms with Gasteiger partial charge >= 0.3 is 0 Å². The molecule has 1 N–H and O–H groups in total. The molecule has 0 saturated heterocycles. The average Bonchev–Trinajstić information content (AvgIpc) is 2.05. The molecule has 0 saturated carbocycles. The van der Waals surface area contributed by atoms with E-state index in [0.717, 1.165) is 6.29 Å². The van der Waals surface area contributed by atoms with Gasteiger partial charge in [-0.05, 0) is 6.42 Å². The predicted molar refractivity (Wildman–Crippen MR) is 43.1 cm³/mol. The number of aldehydes is 1. The van der Waals surface area contributed by atoms with Crippen LogP contribution in [0.25, 0.3) is 0 Å². The van der Waals surface area contributed by atoms with Crippen molar-refractivity contribution >= 4 is 6.29 Å². The highest BCUT2D eigenvalue weighted by Crippen LogP contribution is 2.25. The van der Waals surface area contributed by atoms with E-state index in [-0.39, 0.29) is 5.92 Å². The molecule has 2 atom stereocenters. The van der Waals surface area contributed by atoms with Gasteiger partial charge in [-0.1, -0.05) is 31.2 Å². The number of allylic oxidation sites excluding steroid dienone is 2. The van der Waals surface area contributed by atoms with Crippen LogP contribution in [0.1, 0.15) is 13.3 Å². The first-order chi connectivity index (χ1) is 5.23. The zero-order chi connectivity index (χ0) is 8.32. The second-order valence-corrected chi connectivity index (χ2v) is 2.75. The summed E-state index contributed by atoms with van der Waals surface area (Å²) in [4.78, 5) is 10.5. The van der Waals surface area contributed by atoms with E-state index in [2.05, 4.69) is 0 Å². The first-order valence-electron chi connectivity index (χ1n) is 3.76. The van der Waals surface area contributed by atoms with Crippen LogP contribution in [0.4, 0.5) is 0 Å². The molecule has 0 aliphatic heterocycles. The van der Waals surface area contributed by atoms with Crippen LogP contribution in [-0.4, -0.2) is 17.0 Å². The van der Waals surface area contributed by atoms with E-state index >= 15 is 0 Å². The predicted octanol–water partition coefficient (Wildman–Crippen LogP) is 1.07. The maximum absolute atomic E-state index is 10.5. The van der Waals surface area contributed by atoms with Crippen LogP contribution in [0.5, 0.6) is 0 Å². The van der Waals surface area contributed by atoms with Gasteiger partial charge in [0.25, 0.3) is 0 Å². The van der Waals surface area contributed by atoms with Crippen molar-refractivity contribution in [3.8, 4) is 0 Å². The van der Waals surface area contributed by atoms with Crippen LogP contribution >= 0.6 is 0 Å². The molecule has 2 heteroatoms. The Morgan fingerprint density at radius 1 is 1.64 bits per heavy atom. The molecule has 1 aliphatic rings. The lowest BCUT2D eigenvalue weighted by atomic mass is 9.83. The Hall–Kier alpha value is -0.890. The largest absolute Gasteiger partial charge is 0.385 e. The summed E-state index contributed by atoms with van der Waals surface area (Å²) in [5, 5.41) is 9.77. The minimum Gasteiger partial charge on any atom is -0.385 e. The zero-order valence-electron chi connectivity index (χ0n) is 6.53. The van der Waals surface area contributed by atoms with Crippen molar-refractivity contribution in [3.63, 3.8) is 0 Å². The standard InChI is InChI=1S/C9H12O2/c1-2-9(11)6-4-3-5-8(9)7-10/h3-8,11H,2H2,1H3. The fourth-order valence-corrected chi connectivity index (χ4v) is 1.20. The topological polar surface area (TPSA) is 37.3 Å². The summed E-state index contributed by atoms with van der Waals surface area (Å²) in [6.45, 7) is 1.86. The molecule has 0 aromatic heterocycles. The van der Waals surface area contributed by atoms with Crippen LogP contribution in [-0.2, 0) is 4.79 Å². The molecule has 0 spiro atoms. The maximum atomic E-state index is 10.5. The van der Waals surface area contributed by atoms with Crippen LogP contribution in [0.3, 0.4) is 0 Å². The highest BCUT2D eigenvalue weighted by molar-refractivity contribution is 5.61. The van der Waals surface area contributed by atoms with Crippen LogP contribution in [0.15, 0.2) is 24.3 Å². The summed E-state index contributed by atoms with van der Waals surface area (Å²) in [7, 11) is 0. The molecule has 60 valence electrons. The Morgan fingerprint density at radius 2 is 2.36 bits per heavy atom. The molecular weight excluding hydrogens is 140 g/mol. The number of carbonyl (C=O) groups excluding carboxylic acids is 1. The van der Waals surface area contributed by atoms with Gasteiger partial charge in [0.15, 0.2) is 0 Å². The summed E-state index contributed by atoms with van der Waals surface area (Å²) < 4.78 is 0. The van der Waals surface area contributed by atoms with Gasteiger partial charge in [-0.3, -0.25) is 0 Å². The van der Waals surface area contributed by atoms with Crippen molar-refractivity contribution in [3.05, 3.63) is 24.3 Å². The van der Waals surface area contributed by atoms with Crippen molar-refractivity contribution in [1.29, 1.82) is 0 Å². The molecule has 2 nitrogen and oxygen atoms in total. The van der Waals surface area contributed by atoms with Crippen LogP contribution in [0.2, 0.25) is 0 Å². The van der Waals surface area contributed by atoms with Gasteiger partial charge in [0.1, 0.15) is 6.29 Å². The first kappa shape index (κ1) is 8.21.